The maximum absolute atomic E-state index is 12.7. The number of carbonyl (C=O) groups is 1. The molecule has 26 heavy (non-hydrogen) atoms. The van der Waals surface area contributed by atoms with Gasteiger partial charge in [-0.05, 0) is 43.7 Å². The number of furan rings is 1. The van der Waals surface area contributed by atoms with Crippen molar-refractivity contribution in [2.45, 2.75) is 26.4 Å². The number of aryl methyl sites for hydroxylation is 1. The van der Waals surface area contributed by atoms with Crippen LogP contribution in [-0.2, 0) is 11.3 Å². The zero-order chi connectivity index (χ0) is 18.5. The Hall–Kier alpha value is -2.31. The highest BCUT2D eigenvalue weighted by Crippen LogP contribution is 2.25. The highest BCUT2D eigenvalue weighted by Gasteiger charge is 2.26. The van der Waals surface area contributed by atoms with E-state index in [1.54, 1.807) is 13.4 Å². The third-order valence-electron chi connectivity index (χ3n) is 4.91. The van der Waals surface area contributed by atoms with Crippen LogP contribution in [0.15, 0.2) is 41.0 Å². The van der Waals surface area contributed by atoms with Crippen LogP contribution >= 0.6 is 0 Å². The molecule has 0 bridgehead atoms. The summed E-state index contributed by atoms with van der Waals surface area (Å²) >= 11 is 0. The number of hydrogen-bond donors (Lipinski definition) is 1. The molecule has 6 heteroatoms. The van der Waals surface area contributed by atoms with Crippen molar-refractivity contribution in [1.29, 1.82) is 0 Å². The van der Waals surface area contributed by atoms with E-state index in [1.807, 2.05) is 44.2 Å². The molecular weight excluding hydrogens is 330 g/mol. The number of rotatable bonds is 6. The van der Waals surface area contributed by atoms with Gasteiger partial charge in [-0.2, -0.15) is 0 Å². The number of nitrogens with one attached hydrogen (secondary N) is 1. The number of nitrogens with zero attached hydrogens (tertiary/aromatic N) is 2. The molecule has 1 aromatic carbocycles. The highest BCUT2D eigenvalue weighted by molar-refractivity contribution is 5.96. The minimum Gasteiger partial charge on any atom is -0.495 e. The summed E-state index contributed by atoms with van der Waals surface area (Å²) in [7, 11) is 1.61. The van der Waals surface area contributed by atoms with E-state index in [4.69, 9.17) is 9.15 Å². The molecule has 0 spiro atoms. The number of piperazine rings is 1. The second kappa shape index (κ2) is 8.38. The molecule has 1 fully saturated rings. The molecule has 2 aromatic rings. The van der Waals surface area contributed by atoms with Crippen LogP contribution in [0.2, 0.25) is 0 Å². The first kappa shape index (κ1) is 18.5. The molecule has 1 aromatic heterocycles. The molecular formula is C20H27N3O3. The van der Waals surface area contributed by atoms with Crippen molar-refractivity contribution in [1.82, 2.24) is 9.80 Å². The summed E-state index contributed by atoms with van der Waals surface area (Å²) in [6.45, 7) is 8.34. The van der Waals surface area contributed by atoms with Crippen molar-refractivity contribution in [2.75, 3.05) is 38.6 Å². The fraction of sp³-hybridized carbons (Fsp3) is 0.450. The lowest BCUT2D eigenvalue weighted by molar-refractivity contribution is -0.121. The average Bonchev–Trinajstić information content (AvgIpc) is 3.15. The molecule has 0 saturated carbocycles. The minimum absolute atomic E-state index is 0.00613. The molecule has 1 aliphatic rings. The van der Waals surface area contributed by atoms with Gasteiger partial charge in [0.2, 0.25) is 5.91 Å². The van der Waals surface area contributed by atoms with Crippen molar-refractivity contribution in [3.8, 4) is 5.75 Å². The molecule has 3 rings (SSSR count). The SMILES string of the molecule is COc1ccc(C)cc1NC(=O)[C@H](C)N1CCN(Cc2ccco2)CC1. The van der Waals surface area contributed by atoms with Gasteiger partial charge in [-0.25, -0.2) is 0 Å². The molecule has 0 unspecified atom stereocenters. The lowest BCUT2D eigenvalue weighted by Crippen LogP contribution is -2.52. The summed E-state index contributed by atoms with van der Waals surface area (Å²) in [6.07, 6.45) is 1.71. The quantitative estimate of drug-likeness (QED) is 0.861. The van der Waals surface area contributed by atoms with E-state index in [0.717, 1.165) is 49.7 Å². The first-order valence-electron chi connectivity index (χ1n) is 9.01. The van der Waals surface area contributed by atoms with Gasteiger partial charge >= 0.3 is 0 Å². The maximum Gasteiger partial charge on any atom is 0.241 e. The number of methoxy groups -OCH3 is 1. The number of benzene rings is 1. The van der Waals surface area contributed by atoms with E-state index < -0.39 is 0 Å². The van der Waals surface area contributed by atoms with Crippen LogP contribution in [0.25, 0.3) is 0 Å². The molecule has 0 radical (unpaired) electrons. The van der Waals surface area contributed by atoms with E-state index in [-0.39, 0.29) is 11.9 Å². The molecule has 2 heterocycles. The Kier molecular flexibility index (Phi) is 5.96. The molecule has 1 aliphatic heterocycles. The minimum atomic E-state index is -0.189. The van der Waals surface area contributed by atoms with Crippen molar-refractivity contribution in [3.05, 3.63) is 47.9 Å². The summed E-state index contributed by atoms with van der Waals surface area (Å²) in [4.78, 5) is 17.3. The third-order valence-corrected chi connectivity index (χ3v) is 4.91. The molecule has 1 saturated heterocycles. The first-order valence-corrected chi connectivity index (χ1v) is 9.01. The number of anilines is 1. The van der Waals surface area contributed by atoms with Gasteiger partial charge < -0.3 is 14.5 Å². The van der Waals surface area contributed by atoms with Crippen LogP contribution in [0.3, 0.4) is 0 Å². The van der Waals surface area contributed by atoms with Crippen LogP contribution in [0.4, 0.5) is 5.69 Å². The first-order chi connectivity index (χ1) is 12.6. The van der Waals surface area contributed by atoms with Crippen molar-refractivity contribution in [3.63, 3.8) is 0 Å². The van der Waals surface area contributed by atoms with Crippen molar-refractivity contribution >= 4 is 11.6 Å². The van der Waals surface area contributed by atoms with Crippen LogP contribution in [-0.4, -0.2) is 55.0 Å². The van der Waals surface area contributed by atoms with E-state index in [2.05, 4.69) is 15.1 Å². The fourth-order valence-corrected chi connectivity index (χ4v) is 3.25. The van der Waals surface area contributed by atoms with Gasteiger partial charge in [-0.3, -0.25) is 14.6 Å². The number of amides is 1. The van der Waals surface area contributed by atoms with Gasteiger partial charge in [0, 0.05) is 26.2 Å². The van der Waals surface area contributed by atoms with Crippen molar-refractivity contribution < 1.29 is 13.9 Å². The summed E-state index contributed by atoms with van der Waals surface area (Å²) in [5.74, 6) is 1.66. The van der Waals surface area contributed by atoms with E-state index >= 15 is 0 Å². The lowest BCUT2D eigenvalue weighted by Gasteiger charge is -2.37. The Morgan fingerprint density at radius 3 is 2.69 bits per heavy atom. The van der Waals surface area contributed by atoms with Crippen molar-refractivity contribution in [2.24, 2.45) is 0 Å². The number of hydrogen-bond acceptors (Lipinski definition) is 5. The smallest absolute Gasteiger partial charge is 0.241 e. The Labute approximate surface area is 154 Å². The van der Waals surface area contributed by atoms with Crippen LogP contribution < -0.4 is 10.1 Å². The molecule has 0 aliphatic carbocycles. The maximum atomic E-state index is 12.7. The number of carbonyl (C=O) groups excluding carboxylic acids is 1. The Morgan fingerprint density at radius 2 is 2.04 bits per heavy atom. The Balaban J connectivity index is 1.54. The van der Waals surface area contributed by atoms with Crippen LogP contribution in [0, 0.1) is 6.92 Å². The van der Waals surface area contributed by atoms with Gasteiger partial charge in [0.15, 0.2) is 0 Å². The average molecular weight is 357 g/mol. The van der Waals surface area contributed by atoms with Gasteiger partial charge in [-0.15, -0.1) is 0 Å². The third kappa shape index (κ3) is 4.45. The molecule has 140 valence electrons. The summed E-state index contributed by atoms with van der Waals surface area (Å²) in [5.41, 5.74) is 1.81. The largest absolute Gasteiger partial charge is 0.495 e. The summed E-state index contributed by atoms with van der Waals surface area (Å²) in [6, 6.07) is 9.50. The molecule has 1 atom stereocenters. The van der Waals surface area contributed by atoms with Crippen LogP contribution in [0.5, 0.6) is 5.75 Å². The van der Waals surface area contributed by atoms with Gasteiger partial charge in [0.05, 0.1) is 31.6 Å². The molecule has 1 amide bonds. The normalized spacial score (nSPS) is 17.0. The molecule has 6 nitrogen and oxygen atoms in total. The zero-order valence-electron chi connectivity index (χ0n) is 15.7. The second-order valence-electron chi connectivity index (χ2n) is 6.76. The van der Waals surface area contributed by atoms with Gasteiger partial charge in [0.1, 0.15) is 11.5 Å². The molecule has 1 N–H and O–H groups in total. The number of ether oxygens (including phenoxy) is 1. The second-order valence-corrected chi connectivity index (χ2v) is 6.76. The summed E-state index contributed by atoms with van der Waals surface area (Å²) < 4.78 is 10.8. The van der Waals surface area contributed by atoms with Gasteiger partial charge in [-0.1, -0.05) is 6.07 Å². The van der Waals surface area contributed by atoms with Gasteiger partial charge in [0.25, 0.3) is 0 Å². The van der Waals surface area contributed by atoms with E-state index in [0.29, 0.717) is 5.75 Å². The summed E-state index contributed by atoms with van der Waals surface area (Å²) in [5, 5.41) is 3.01. The fourth-order valence-electron chi connectivity index (χ4n) is 3.25. The highest BCUT2D eigenvalue weighted by atomic mass is 16.5. The predicted molar refractivity (Wildman–Crippen MR) is 101 cm³/mol. The monoisotopic (exact) mass is 357 g/mol. The lowest BCUT2D eigenvalue weighted by atomic mass is 10.1. The topological polar surface area (TPSA) is 58.0 Å². The van der Waals surface area contributed by atoms with E-state index in [9.17, 15) is 4.79 Å². The van der Waals surface area contributed by atoms with Crippen LogP contribution in [0.1, 0.15) is 18.2 Å². The zero-order valence-corrected chi connectivity index (χ0v) is 15.7. The predicted octanol–water partition coefficient (Wildman–Crippen LogP) is 2.74. The van der Waals surface area contributed by atoms with E-state index in [1.165, 1.54) is 0 Å². The standard InChI is InChI=1S/C20H27N3O3/c1-15-6-7-19(25-3)18(13-15)21-20(24)16(2)23-10-8-22(9-11-23)14-17-5-4-12-26-17/h4-7,12-13,16H,8-11,14H2,1-3H3,(H,21,24)/t16-/m0/s1. The Bertz CT molecular complexity index is 722. The Morgan fingerprint density at radius 1 is 1.27 bits per heavy atom.